The molecular weight excluding hydrogens is 306 g/mol. The van der Waals surface area contributed by atoms with E-state index in [4.69, 9.17) is 4.74 Å². The van der Waals surface area contributed by atoms with Gasteiger partial charge in [0, 0.05) is 11.0 Å². The van der Waals surface area contributed by atoms with Gasteiger partial charge in [-0.3, -0.25) is 25.0 Å². The Morgan fingerprint density at radius 2 is 1.91 bits per heavy atom. The molecule has 0 atom stereocenters. The summed E-state index contributed by atoms with van der Waals surface area (Å²) in [6, 6.07) is 8.55. The Kier molecular flexibility index (Phi) is 3.37. The molecule has 9 heteroatoms. The van der Waals surface area contributed by atoms with Crippen molar-refractivity contribution in [1.29, 1.82) is 0 Å². The third-order valence-electron chi connectivity index (χ3n) is 3.25. The van der Waals surface area contributed by atoms with Gasteiger partial charge < -0.3 is 10.1 Å². The molecule has 1 aliphatic heterocycles. The minimum atomic E-state index is -0.828. The van der Waals surface area contributed by atoms with Gasteiger partial charge in [-0.15, -0.1) is 0 Å². The number of nitrogens with one attached hydrogen (secondary N) is 1. The molecule has 0 aliphatic carbocycles. The lowest BCUT2D eigenvalue weighted by atomic mass is 10.1. The van der Waals surface area contributed by atoms with Crippen molar-refractivity contribution in [1.82, 2.24) is 0 Å². The highest BCUT2D eigenvalue weighted by Gasteiger charge is 2.25. The number of hydrogen-bond acceptors (Lipinski definition) is 7. The quantitative estimate of drug-likeness (QED) is 0.445. The second kappa shape index (κ2) is 5.37. The van der Waals surface area contributed by atoms with Crippen molar-refractivity contribution in [3.8, 4) is 11.5 Å². The second-order valence-electron chi connectivity index (χ2n) is 4.76. The summed E-state index contributed by atoms with van der Waals surface area (Å²) >= 11 is 0. The van der Waals surface area contributed by atoms with E-state index in [1.54, 1.807) is 6.07 Å². The number of non-ortho nitro benzene ring substituents is 1. The van der Waals surface area contributed by atoms with Crippen LogP contribution in [0.25, 0.3) is 0 Å². The monoisotopic (exact) mass is 315 g/mol. The van der Waals surface area contributed by atoms with Crippen LogP contribution in [0, 0.1) is 20.2 Å². The van der Waals surface area contributed by atoms with Crippen LogP contribution in [0.4, 0.5) is 17.1 Å². The van der Waals surface area contributed by atoms with Crippen LogP contribution in [0.15, 0.2) is 36.4 Å². The molecule has 2 aromatic rings. The summed E-state index contributed by atoms with van der Waals surface area (Å²) < 4.78 is 5.58. The van der Waals surface area contributed by atoms with Crippen LogP contribution in [0.2, 0.25) is 0 Å². The van der Waals surface area contributed by atoms with E-state index in [2.05, 4.69) is 5.32 Å². The summed E-state index contributed by atoms with van der Waals surface area (Å²) in [5.74, 6) is -0.147. The molecule has 0 unspecified atom stereocenters. The van der Waals surface area contributed by atoms with Crippen molar-refractivity contribution < 1.29 is 19.4 Å². The SMILES string of the molecule is O=C(C[N+](=O)[O-])c1cccc2c1Nc1ccc([N+](=O)[O-])cc1O2. The molecule has 0 aromatic heterocycles. The van der Waals surface area contributed by atoms with Crippen LogP contribution in [0.5, 0.6) is 11.5 Å². The zero-order valence-corrected chi connectivity index (χ0v) is 11.5. The summed E-state index contributed by atoms with van der Waals surface area (Å²) in [5, 5.41) is 24.3. The molecule has 9 nitrogen and oxygen atoms in total. The Bertz CT molecular complexity index is 848. The molecule has 0 spiro atoms. The first-order valence-corrected chi connectivity index (χ1v) is 6.47. The van der Waals surface area contributed by atoms with Gasteiger partial charge >= 0.3 is 0 Å². The standard InChI is InChI=1S/C14H9N3O6/c18-11(7-16(19)20)9-2-1-3-12-14(9)15-10-5-4-8(17(21)22)6-13(10)23-12/h1-6,15H,7H2. The Labute approximate surface area is 128 Å². The Morgan fingerprint density at radius 3 is 2.61 bits per heavy atom. The number of benzene rings is 2. The highest BCUT2D eigenvalue weighted by molar-refractivity contribution is 6.04. The molecule has 0 saturated heterocycles. The number of hydrogen-bond donors (Lipinski definition) is 1. The minimum absolute atomic E-state index is 0.128. The number of ketones is 1. The highest BCUT2D eigenvalue weighted by Crippen LogP contribution is 2.44. The Hall–Kier alpha value is -3.49. The molecule has 1 heterocycles. The van der Waals surface area contributed by atoms with E-state index in [0.717, 1.165) is 0 Å². The number of para-hydroxylation sites is 1. The van der Waals surface area contributed by atoms with Crippen molar-refractivity contribution in [3.63, 3.8) is 0 Å². The van der Waals surface area contributed by atoms with Crippen LogP contribution in [-0.4, -0.2) is 22.2 Å². The minimum Gasteiger partial charge on any atom is -0.453 e. The van der Waals surface area contributed by atoms with E-state index >= 15 is 0 Å². The predicted octanol–water partition coefficient (Wildman–Crippen LogP) is 2.90. The zero-order chi connectivity index (χ0) is 16.6. The van der Waals surface area contributed by atoms with Crippen molar-refractivity contribution in [2.24, 2.45) is 0 Å². The van der Waals surface area contributed by atoms with E-state index in [0.29, 0.717) is 11.4 Å². The van der Waals surface area contributed by atoms with Crippen molar-refractivity contribution in [2.45, 2.75) is 0 Å². The molecule has 1 aliphatic rings. The fraction of sp³-hybridized carbons (Fsp3) is 0.0714. The maximum absolute atomic E-state index is 12.0. The lowest BCUT2D eigenvalue weighted by Gasteiger charge is -2.23. The maximum atomic E-state index is 12.0. The third-order valence-corrected chi connectivity index (χ3v) is 3.25. The first-order chi connectivity index (χ1) is 11.0. The lowest BCUT2D eigenvalue weighted by molar-refractivity contribution is -0.465. The molecule has 2 aromatic carbocycles. The summed E-state index contributed by atoms with van der Waals surface area (Å²) in [4.78, 5) is 32.0. The first kappa shape index (κ1) is 14.4. The number of fused-ring (bicyclic) bond motifs is 2. The van der Waals surface area contributed by atoms with Gasteiger partial charge in [-0.1, -0.05) is 6.07 Å². The van der Waals surface area contributed by atoms with E-state index in [9.17, 15) is 25.0 Å². The molecule has 0 bridgehead atoms. The second-order valence-corrected chi connectivity index (χ2v) is 4.76. The molecule has 0 radical (unpaired) electrons. The van der Waals surface area contributed by atoms with Gasteiger partial charge in [0.25, 0.3) is 12.2 Å². The van der Waals surface area contributed by atoms with Crippen LogP contribution < -0.4 is 10.1 Å². The van der Waals surface area contributed by atoms with Crippen LogP contribution in [0.1, 0.15) is 10.4 Å². The molecule has 23 heavy (non-hydrogen) atoms. The van der Waals surface area contributed by atoms with E-state index in [-0.39, 0.29) is 22.7 Å². The number of nitro groups is 2. The van der Waals surface area contributed by atoms with Gasteiger partial charge in [-0.25, -0.2) is 0 Å². The number of nitrogens with zero attached hydrogens (tertiary/aromatic N) is 2. The fourth-order valence-corrected chi connectivity index (χ4v) is 2.25. The third kappa shape index (κ3) is 2.67. The molecule has 0 fully saturated rings. The topological polar surface area (TPSA) is 125 Å². The van der Waals surface area contributed by atoms with E-state index in [1.165, 1.54) is 30.3 Å². The summed E-state index contributed by atoms with van der Waals surface area (Å²) in [5.41, 5.74) is 0.739. The van der Waals surface area contributed by atoms with Crippen LogP contribution in [0.3, 0.4) is 0 Å². The predicted molar refractivity (Wildman–Crippen MR) is 79.1 cm³/mol. The maximum Gasteiger partial charge on any atom is 0.273 e. The van der Waals surface area contributed by atoms with Gasteiger partial charge in [0.2, 0.25) is 5.78 Å². The molecule has 116 valence electrons. The smallest absolute Gasteiger partial charge is 0.273 e. The van der Waals surface area contributed by atoms with E-state index < -0.39 is 22.2 Å². The van der Waals surface area contributed by atoms with Crippen LogP contribution in [-0.2, 0) is 0 Å². The van der Waals surface area contributed by atoms with Gasteiger partial charge in [-0.2, -0.15) is 0 Å². The fourth-order valence-electron chi connectivity index (χ4n) is 2.25. The highest BCUT2D eigenvalue weighted by atomic mass is 16.6. The number of carbonyl (C=O) groups excluding carboxylic acids is 1. The van der Waals surface area contributed by atoms with Crippen molar-refractivity contribution in [2.75, 3.05) is 11.9 Å². The van der Waals surface area contributed by atoms with Gasteiger partial charge in [0.15, 0.2) is 11.5 Å². The summed E-state index contributed by atoms with van der Waals surface area (Å²) in [7, 11) is 0. The lowest BCUT2D eigenvalue weighted by Crippen LogP contribution is -2.16. The molecule has 0 saturated carbocycles. The molecule has 1 N–H and O–H groups in total. The average molecular weight is 315 g/mol. The summed E-state index contributed by atoms with van der Waals surface area (Å²) in [6.45, 7) is -0.828. The normalized spacial score (nSPS) is 11.5. The first-order valence-electron chi connectivity index (χ1n) is 6.47. The number of carbonyl (C=O) groups is 1. The molecule has 0 amide bonds. The van der Waals surface area contributed by atoms with Gasteiger partial charge in [0.1, 0.15) is 0 Å². The number of Topliss-reactive ketones (excluding diaryl/α,β-unsaturated/α-hetero) is 1. The average Bonchev–Trinajstić information content (AvgIpc) is 2.50. The molecular formula is C14H9N3O6. The van der Waals surface area contributed by atoms with E-state index in [1.807, 2.05) is 0 Å². The summed E-state index contributed by atoms with van der Waals surface area (Å²) in [6.07, 6.45) is 0. The van der Waals surface area contributed by atoms with Crippen LogP contribution >= 0.6 is 0 Å². The Balaban J connectivity index is 2.00. The molecule has 3 rings (SSSR count). The largest absolute Gasteiger partial charge is 0.453 e. The zero-order valence-electron chi connectivity index (χ0n) is 11.5. The van der Waals surface area contributed by atoms with Gasteiger partial charge in [-0.05, 0) is 18.2 Å². The number of anilines is 2. The number of rotatable bonds is 4. The number of ether oxygens (including phenoxy) is 1. The van der Waals surface area contributed by atoms with Crippen molar-refractivity contribution >= 4 is 22.8 Å². The Morgan fingerprint density at radius 1 is 1.13 bits per heavy atom. The van der Waals surface area contributed by atoms with Crippen molar-refractivity contribution in [3.05, 3.63) is 62.2 Å². The van der Waals surface area contributed by atoms with Gasteiger partial charge in [0.05, 0.1) is 27.9 Å². The number of nitro benzene ring substituents is 1.